The lowest BCUT2D eigenvalue weighted by Crippen LogP contribution is -2.29. The van der Waals surface area contributed by atoms with E-state index in [0.717, 1.165) is 6.42 Å². The number of hydrogen-bond acceptors (Lipinski definition) is 3. The maximum Gasteiger partial charge on any atom is 0.331 e. The van der Waals surface area contributed by atoms with Crippen molar-refractivity contribution in [1.29, 1.82) is 0 Å². The van der Waals surface area contributed by atoms with E-state index in [1.807, 2.05) is 24.3 Å². The molecule has 2 aromatic carbocycles. The van der Waals surface area contributed by atoms with Gasteiger partial charge in [0.15, 0.2) is 6.10 Å². The molecule has 0 unspecified atom stereocenters. The number of benzene rings is 2. The van der Waals surface area contributed by atoms with Crippen LogP contribution in [0.1, 0.15) is 25.0 Å². The molecule has 0 heterocycles. The van der Waals surface area contributed by atoms with Crippen LogP contribution in [0.4, 0.5) is 5.69 Å². The van der Waals surface area contributed by atoms with E-state index < -0.39 is 18.0 Å². The van der Waals surface area contributed by atoms with Crippen LogP contribution in [0.15, 0.2) is 48.5 Å². The van der Waals surface area contributed by atoms with Gasteiger partial charge in [-0.2, -0.15) is 0 Å². The molecular weight excluding hydrogens is 373 g/mol. The number of aryl methyl sites for hydroxylation is 1. The molecule has 1 N–H and O–H groups in total. The quantitative estimate of drug-likeness (QED) is 0.547. The van der Waals surface area contributed by atoms with E-state index >= 15 is 0 Å². The Bertz CT molecular complexity index is 816. The van der Waals surface area contributed by atoms with Gasteiger partial charge < -0.3 is 10.1 Å². The third-order valence-electron chi connectivity index (χ3n) is 3.65. The Morgan fingerprint density at radius 3 is 2.42 bits per heavy atom. The van der Waals surface area contributed by atoms with E-state index in [-0.39, 0.29) is 0 Å². The lowest BCUT2D eigenvalue weighted by molar-refractivity contribution is -0.148. The Labute approximate surface area is 162 Å². The first-order valence-corrected chi connectivity index (χ1v) is 8.88. The van der Waals surface area contributed by atoms with Crippen LogP contribution < -0.4 is 5.32 Å². The molecule has 0 aromatic heterocycles. The first kappa shape index (κ1) is 20.0. The van der Waals surface area contributed by atoms with E-state index in [0.29, 0.717) is 21.3 Å². The van der Waals surface area contributed by atoms with Crippen molar-refractivity contribution in [2.24, 2.45) is 0 Å². The summed E-state index contributed by atoms with van der Waals surface area (Å²) in [5.74, 6) is -1.02. The van der Waals surface area contributed by atoms with Crippen LogP contribution in [0.2, 0.25) is 10.0 Å². The number of rotatable bonds is 6. The molecule has 0 saturated carbocycles. The molecule has 0 aliphatic heterocycles. The standard InChI is InChI=1S/C20H19Cl2NO3/c1-3-14-4-8-16(9-5-14)23-20(25)13(2)26-19(24)11-7-15-6-10-17(21)18(22)12-15/h4-13H,3H2,1-2H3,(H,23,25)/b11-7+/t13-/m1/s1. The summed E-state index contributed by atoms with van der Waals surface area (Å²) in [7, 11) is 0. The number of carbonyl (C=O) groups excluding carboxylic acids is 2. The third kappa shape index (κ3) is 5.90. The van der Waals surface area contributed by atoms with Crippen LogP contribution in [-0.4, -0.2) is 18.0 Å². The van der Waals surface area contributed by atoms with Crippen molar-refractivity contribution in [3.05, 3.63) is 69.7 Å². The first-order valence-electron chi connectivity index (χ1n) is 8.12. The Kier molecular flexibility index (Phi) is 7.25. The van der Waals surface area contributed by atoms with Crippen molar-refractivity contribution in [2.45, 2.75) is 26.4 Å². The van der Waals surface area contributed by atoms with Crippen LogP contribution >= 0.6 is 23.2 Å². The fourth-order valence-electron chi connectivity index (χ4n) is 2.12. The van der Waals surface area contributed by atoms with Gasteiger partial charge in [-0.25, -0.2) is 4.79 Å². The predicted octanol–water partition coefficient (Wildman–Crippen LogP) is 5.14. The molecule has 1 amide bonds. The summed E-state index contributed by atoms with van der Waals surface area (Å²) in [5.41, 5.74) is 2.53. The summed E-state index contributed by atoms with van der Waals surface area (Å²) in [6, 6.07) is 12.5. The Hall–Kier alpha value is -2.30. The number of anilines is 1. The van der Waals surface area contributed by atoms with Crippen LogP contribution in [0, 0.1) is 0 Å². The molecular formula is C20H19Cl2NO3. The highest BCUT2D eigenvalue weighted by molar-refractivity contribution is 6.42. The van der Waals surface area contributed by atoms with Crippen molar-refractivity contribution in [3.63, 3.8) is 0 Å². The number of carbonyl (C=O) groups is 2. The number of halogens is 2. The molecule has 136 valence electrons. The van der Waals surface area contributed by atoms with Gasteiger partial charge in [0.25, 0.3) is 5.91 Å². The highest BCUT2D eigenvalue weighted by atomic mass is 35.5. The Morgan fingerprint density at radius 2 is 1.81 bits per heavy atom. The second-order valence-electron chi connectivity index (χ2n) is 5.63. The molecule has 2 aromatic rings. The van der Waals surface area contributed by atoms with Gasteiger partial charge in [-0.3, -0.25) is 4.79 Å². The molecule has 0 aliphatic rings. The van der Waals surface area contributed by atoms with Crippen molar-refractivity contribution in [1.82, 2.24) is 0 Å². The van der Waals surface area contributed by atoms with Crippen molar-refractivity contribution >= 4 is 46.8 Å². The van der Waals surface area contributed by atoms with Crippen LogP contribution in [0.3, 0.4) is 0 Å². The maximum absolute atomic E-state index is 12.1. The highest BCUT2D eigenvalue weighted by Gasteiger charge is 2.16. The smallest absolute Gasteiger partial charge is 0.331 e. The number of amides is 1. The summed E-state index contributed by atoms with van der Waals surface area (Å²) >= 11 is 11.8. The molecule has 6 heteroatoms. The van der Waals surface area contributed by atoms with E-state index in [9.17, 15) is 9.59 Å². The molecule has 26 heavy (non-hydrogen) atoms. The Balaban J connectivity index is 1.89. The second-order valence-corrected chi connectivity index (χ2v) is 6.44. The minimum atomic E-state index is -0.924. The summed E-state index contributed by atoms with van der Waals surface area (Å²) in [6.45, 7) is 3.57. The molecule has 2 rings (SSSR count). The molecule has 1 atom stereocenters. The number of ether oxygens (including phenoxy) is 1. The second kappa shape index (κ2) is 9.41. The normalized spacial score (nSPS) is 12.0. The SMILES string of the molecule is CCc1ccc(NC(=O)[C@@H](C)OC(=O)/C=C/c2ccc(Cl)c(Cl)c2)cc1. The van der Waals surface area contributed by atoms with Gasteiger partial charge in [-0.1, -0.05) is 48.3 Å². The average molecular weight is 392 g/mol. The maximum atomic E-state index is 12.1. The van der Waals surface area contributed by atoms with E-state index in [1.54, 1.807) is 24.3 Å². The first-order chi connectivity index (χ1) is 12.4. The van der Waals surface area contributed by atoms with Gasteiger partial charge in [0, 0.05) is 11.8 Å². The summed E-state index contributed by atoms with van der Waals surface area (Å²) in [4.78, 5) is 24.0. The van der Waals surface area contributed by atoms with Gasteiger partial charge >= 0.3 is 5.97 Å². The zero-order valence-corrected chi connectivity index (χ0v) is 16.0. The van der Waals surface area contributed by atoms with Gasteiger partial charge in [0.05, 0.1) is 10.0 Å². The number of hydrogen-bond donors (Lipinski definition) is 1. The van der Waals surface area contributed by atoms with Gasteiger partial charge in [0.2, 0.25) is 0 Å². The predicted molar refractivity (Wildman–Crippen MR) is 105 cm³/mol. The van der Waals surface area contributed by atoms with Crippen molar-refractivity contribution in [3.8, 4) is 0 Å². The Morgan fingerprint density at radius 1 is 1.12 bits per heavy atom. The lowest BCUT2D eigenvalue weighted by atomic mass is 10.1. The molecule has 4 nitrogen and oxygen atoms in total. The lowest BCUT2D eigenvalue weighted by Gasteiger charge is -2.12. The van der Waals surface area contributed by atoms with Crippen LogP contribution in [-0.2, 0) is 20.7 Å². The molecule has 0 saturated heterocycles. The monoisotopic (exact) mass is 391 g/mol. The molecule has 0 bridgehead atoms. The van der Waals surface area contributed by atoms with Gasteiger partial charge in [-0.05, 0) is 54.8 Å². The highest BCUT2D eigenvalue weighted by Crippen LogP contribution is 2.23. The molecule has 0 radical (unpaired) electrons. The minimum Gasteiger partial charge on any atom is -0.449 e. The van der Waals surface area contributed by atoms with E-state index in [2.05, 4.69) is 12.2 Å². The zero-order valence-electron chi connectivity index (χ0n) is 14.5. The number of esters is 1. The fourth-order valence-corrected chi connectivity index (χ4v) is 2.42. The molecule has 0 fully saturated rings. The third-order valence-corrected chi connectivity index (χ3v) is 4.39. The van der Waals surface area contributed by atoms with Crippen molar-refractivity contribution in [2.75, 3.05) is 5.32 Å². The zero-order chi connectivity index (χ0) is 19.1. The fraction of sp³-hybridized carbons (Fsp3) is 0.200. The van der Waals surface area contributed by atoms with E-state index in [1.165, 1.54) is 18.6 Å². The van der Waals surface area contributed by atoms with Gasteiger partial charge in [-0.15, -0.1) is 0 Å². The topological polar surface area (TPSA) is 55.4 Å². The van der Waals surface area contributed by atoms with Crippen molar-refractivity contribution < 1.29 is 14.3 Å². The largest absolute Gasteiger partial charge is 0.449 e. The minimum absolute atomic E-state index is 0.393. The molecule has 0 aliphatic carbocycles. The molecule has 0 spiro atoms. The van der Waals surface area contributed by atoms with Crippen LogP contribution in [0.5, 0.6) is 0 Å². The summed E-state index contributed by atoms with van der Waals surface area (Å²) in [6.07, 6.45) is 2.78. The van der Waals surface area contributed by atoms with E-state index in [4.69, 9.17) is 27.9 Å². The summed E-state index contributed by atoms with van der Waals surface area (Å²) < 4.78 is 5.11. The van der Waals surface area contributed by atoms with Gasteiger partial charge in [0.1, 0.15) is 0 Å². The van der Waals surface area contributed by atoms with Crippen LogP contribution in [0.25, 0.3) is 6.08 Å². The number of nitrogens with one attached hydrogen (secondary N) is 1. The summed E-state index contributed by atoms with van der Waals surface area (Å²) in [5, 5.41) is 3.54. The average Bonchev–Trinajstić information content (AvgIpc) is 2.63.